The summed E-state index contributed by atoms with van der Waals surface area (Å²) in [4.78, 5) is 2.41. The minimum Gasteiger partial charge on any atom is -0.492 e. The Kier molecular flexibility index (Phi) is 5.85. The monoisotopic (exact) mass is 274 g/mol. The Hall–Kier alpha value is -1.57. The van der Waals surface area contributed by atoms with Gasteiger partial charge in [0, 0.05) is 19.7 Å². The number of hydrogen-bond donors (Lipinski definition) is 1. The predicted molar refractivity (Wildman–Crippen MR) is 77.5 cm³/mol. The van der Waals surface area contributed by atoms with E-state index < -0.39 is 0 Å². The van der Waals surface area contributed by atoms with Gasteiger partial charge in [0.1, 0.15) is 12.4 Å². The van der Waals surface area contributed by atoms with Gasteiger partial charge in [-0.1, -0.05) is 0 Å². The summed E-state index contributed by atoms with van der Waals surface area (Å²) < 4.78 is 5.70. The Labute approximate surface area is 120 Å². The Morgan fingerprint density at radius 3 is 2.85 bits per heavy atom. The number of aliphatic hydroxyl groups is 1. The van der Waals surface area contributed by atoms with Crippen molar-refractivity contribution in [2.45, 2.75) is 19.3 Å². The highest BCUT2D eigenvalue weighted by Gasteiger charge is 2.18. The second kappa shape index (κ2) is 7.88. The molecule has 0 radical (unpaired) electrons. The van der Waals surface area contributed by atoms with Crippen LogP contribution >= 0.6 is 0 Å². The van der Waals surface area contributed by atoms with Gasteiger partial charge in [-0.2, -0.15) is 5.26 Å². The van der Waals surface area contributed by atoms with Crippen LogP contribution in [-0.2, 0) is 0 Å². The van der Waals surface area contributed by atoms with Gasteiger partial charge < -0.3 is 9.84 Å². The number of nitrogens with zero attached hydrogens (tertiary/aromatic N) is 2. The quantitative estimate of drug-likeness (QED) is 0.862. The summed E-state index contributed by atoms with van der Waals surface area (Å²) in [6, 6.07) is 9.31. The lowest BCUT2D eigenvalue weighted by molar-refractivity contribution is 0.129. The average molecular weight is 274 g/mol. The Bertz CT molecular complexity index is 437. The van der Waals surface area contributed by atoms with Crippen molar-refractivity contribution < 1.29 is 9.84 Å². The second-order valence-electron chi connectivity index (χ2n) is 5.31. The fourth-order valence-corrected chi connectivity index (χ4v) is 2.69. The number of rotatable bonds is 6. The van der Waals surface area contributed by atoms with Crippen molar-refractivity contribution in [2.75, 3.05) is 32.8 Å². The lowest BCUT2D eigenvalue weighted by Gasteiger charge is -2.32. The highest BCUT2D eigenvalue weighted by molar-refractivity contribution is 5.34. The van der Waals surface area contributed by atoms with Crippen molar-refractivity contribution in [1.29, 1.82) is 5.26 Å². The van der Waals surface area contributed by atoms with E-state index in [2.05, 4.69) is 11.0 Å². The SMILES string of the molecule is N#Cc1ccc(OCCN2CCCC(CCO)C2)cc1. The van der Waals surface area contributed by atoms with Crippen LogP contribution < -0.4 is 4.74 Å². The van der Waals surface area contributed by atoms with Gasteiger partial charge in [-0.25, -0.2) is 0 Å². The highest BCUT2D eigenvalue weighted by Crippen LogP contribution is 2.19. The number of aliphatic hydroxyl groups excluding tert-OH is 1. The number of nitriles is 1. The molecule has 1 saturated heterocycles. The normalized spacial score (nSPS) is 19.5. The van der Waals surface area contributed by atoms with Gasteiger partial charge in [-0.05, 0) is 56.0 Å². The molecule has 0 aromatic heterocycles. The van der Waals surface area contributed by atoms with Crippen LogP contribution in [0.2, 0.25) is 0 Å². The molecule has 4 nitrogen and oxygen atoms in total. The van der Waals surface area contributed by atoms with Gasteiger partial charge in [0.25, 0.3) is 0 Å². The average Bonchev–Trinajstić information content (AvgIpc) is 2.49. The molecule has 0 amide bonds. The summed E-state index contributed by atoms with van der Waals surface area (Å²) in [6.07, 6.45) is 3.35. The molecule has 108 valence electrons. The molecule has 1 aromatic rings. The van der Waals surface area contributed by atoms with Crippen molar-refractivity contribution in [3.05, 3.63) is 29.8 Å². The molecule has 1 N–H and O–H groups in total. The zero-order chi connectivity index (χ0) is 14.2. The first kappa shape index (κ1) is 14.8. The zero-order valence-electron chi connectivity index (χ0n) is 11.8. The second-order valence-corrected chi connectivity index (χ2v) is 5.31. The summed E-state index contributed by atoms with van der Waals surface area (Å²) in [7, 11) is 0. The molecule has 0 bridgehead atoms. The Morgan fingerprint density at radius 1 is 1.35 bits per heavy atom. The fourth-order valence-electron chi connectivity index (χ4n) is 2.69. The van der Waals surface area contributed by atoms with Crippen molar-refractivity contribution in [1.82, 2.24) is 4.90 Å². The van der Waals surface area contributed by atoms with E-state index in [0.717, 1.165) is 31.8 Å². The van der Waals surface area contributed by atoms with E-state index in [9.17, 15) is 0 Å². The molecule has 0 spiro atoms. The van der Waals surface area contributed by atoms with Crippen LogP contribution in [0.3, 0.4) is 0 Å². The minimum absolute atomic E-state index is 0.292. The Balaban J connectivity index is 1.71. The van der Waals surface area contributed by atoms with Crippen molar-refractivity contribution >= 4 is 0 Å². The molecule has 0 saturated carbocycles. The third-order valence-electron chi connectivity index (χ3n) is 3.80. The van der Waals surface area contributed by atoms with Gasteiger partial charge in [-0.3, -0.25) is 4.90 Å². The standard InChI is InChI=1S/C16H22N2O2/c17-12-14-3-5-16(6-4-14)20-11-9-18-8-1-2-15(13-18)7-10-19/h3-6,15,19H,1-2,7-11,13H2. The molecular weight excluding hydrogens is 252 g/mol. The molecule has 1 aromatic carbocycles. The van der Waals surface area contributed by atoms with E-state index in [1.807, 2.05) is 12.1 Å². The Morgan fingerprint density at radius 2 is 2.15 bits per heavy atom. The van der Waals surface area contributed by atoms with E-state index in [4.69, 9.17) is 15.1 Å². The third-order valence-corrected chi connectivity index (χ3v) is 3.80. The maximum Gasteiger partial charge on any atom is 0.119 e. The van der Waals surface area contributed by atoms with Gasteiger partial charge in [0.05, 0.1) is 11.6 Å². The molecule has 0 aliphatic carbocycles. The fraction of sp³-hybridized carbons (Fsp3) is 0.562. The number of benzene rings is 1. The van der Waals surface area contributed by atoms with E-state index in [1.54, 1.807) is 12.1 Å². The van der Waals surface area contributed by atoms with E-state index in [1.165, 1.54) is 12.8 Å². The molecule has 1 atom stereocenters. The van der Waals surface area contributed by atoms with Crippen LogP contribution in [0.5, 0.6) is 5.75 Å². The summed E-state index contributed by atoms with van der Waals surface area (Å²) in [5.74, 6) is 1.44. The van der Waals surface area contributed by atoms with Crippen molar-refractivity contribution in [3.8, 4) is 11.8 Å². The smallest absolute Gasteiger partial charge is 0.119 e. The first-order valence-electron chi connectivity index (χ1n) is 7.28. The lowest BCUT2D eigenvalue weighted by Crippen LogP contribution is -2.38. The number of hydrogen-bond acceptors (Lipinski definition) is 4. The maximum absolute atomic E-state index is 9.01. The molecular formula is C16H22N2O2. The van der Waals surface area contributed by atoms with E-state index in [0.29, 0.717) is 24.7 Å². The third kappa shape index (κ3) is 4.52. The van der Waals surface area contributed by atoms with Crippen molar-refractivity contribution in [2.24, 2.45) is 5.92 Å². The molecule has 4 heteroatoms. The largest absolute Gasteiger partial charge is 0.492 e. The van der Waals surface area contributed by atoms with Crippen LogP contribution in [0.4, 0.5) is 0 Å². The summed E-state index contributed by atoms with van der Waals surface area (Å²) in [5, 5.41) is 17.7. The van der Waals surface area contributed by atoms with Gasteiger partial charge in [0.2, 0.25) is 0 Å². The number of piperidine rings is 1. The number of likely N-dealkylation sites (tertiary alicyclic amines) is 1. The first-order valence-corrected chi connectivity index (χ1v) is 7.28. The van der Waals surface area contributed by atoms with Crippen LogP contribution in [0, 0.1) is 17.2 Å². The van der Waals surface area contributed by atoms with E-state index in [-0.39, 0.29) is 0 Å². The van der Waals surface area contributed by atoms with Crippen molar-refractivity contribution in [3.63, 3.8) is 0 Å². The molecule has 20 heavy (non-hydrogen) atoms. The lowest BCUT2D eigenvalue weighted by atomic mass is 9.95. The summed E-state index contributed by atoms with van der Waals surface area (Å²) >= 11 is 0. The summed E-state index contributed by atoms with van der Waals surface area (Å²) in [6.45, 7) is 4.07. The molecule has 1 fully saturated rings. The zero-order valence-corrected chi connectivity index (χ0v) is 11.8. The van der Waals surface area contributed by atoms with Crippen LogP contribution in [0.1, 0.15) is 24.8 Å². The van der Waals surface area contributed by atoms with Gasteiger partial charge in [-0.15, -0.1) is 0 Å². The van der Waals surface area contributed by atoms with Crippen LogP contribution in [-0.4, -0.2) is 42.9 Å². The minimum atomic E-state index is 0.292. The summed E-state index contributed by atoms with van der Waals surface area (Å²) in [5.41, 5.74) is 0.653. The van der Waals surface area contributed by atoms with Crippen LogP contribution in [0.15, 0.2) is 24.3 Å². The maximum atomic E-state index is 9.01. The van der Waals surface area contributed by atoms with E-state index >= 15 is 0 Å². The molecule has 1 aliphatic rings. The van der Waals surface area contributed by atoms with Crippen LogP contribution in [0.25, 0.3) is 0 Å². The van der Waals surface area contributed by atoms with Gasteiger partial charge >= 0.3 is 0 Å². The topological polar surface area (TPSA) is 56.5 Å². The predicted octanol–water partition coefficient (Wildman–Crippen LogP) is 2.03. The first-order chi connectivity index (χ1) is 9.81. The molecule has 2 rings (SSSR count). The number of ether oxygens (including phenoxy) is 1. The molecule has 1 heterocycles. The van der Waals surface area contributed by atoms with Gasteiger partial charge in [0.15, 0.2) is 0 Å². The molecule has 1 aliphatic heterocycles. The molecule has 1 unspecified atom stereocenters. The highest BCUT2D eigenvalue weighted by atomic mass is 16.5.